The van der Waals surface area contributed by atoms with Crippen molar-refractivity contribution < 1.29 is 9.59 Å². The maximum atomic E-state index is 12.1. The average Bonchev–Trinajstić information content (AvgIpc) is 2.58. The number of nitrogens with zero attached hydrogens (tertiary/aromatic N) is 2. The van der Waals surface area contributed by atoms with E-state index < -0.39 is 0 Å². The van der Waals surface area contributed by atoms with Crippen molar-refractivity contribution in [3.63, 3.8) is 0 Å². The van der Waals surface area contributed by atoms with Crippen molar-refractivity contribution in [2.45, 2.75) is 19.9 Å². The molecule has 122 valence electrons. The number of amides is 3. The molecule has 0 aromatic heterocycles. The van der Waals surface area contributed by atoms with Crippen LogP contribution in [0.5, 0.6) is 0 Å². The molecule has 0 bridgehead atoms. The Kier molecular flexibility index (Phi) is 4.37. The van der Waals surface area contributed by atoms with Crippen LogP contribution < -0.4 is 10.6 Å². The number of fused-ring (bicyclic) bond motifs is 1. The Hall–Kier alpha value is -3.02. The predicted molar refractivity (Wildman–Crippen MR) is 91.3 cm³/mol. The third kappa shape index (κ3) is 3.32. The van der Waals surface area contributed by atoms with Gasteiger partial charge in [0.25, 0.3) is 5.91 Å². The van der Waals surface area contributed by atoms with Crippen LogP contribution >= 0.6 is 0 Å². The Morgan fingerprint density at radius 2 is 1.92 bits per heavy atom. The predicted octanol–water partition coefficient (Wildman–Crippen LogP) is 3.77. The largest absolute Gasteiger partial charge is 0.335 e. The van der Waals surface area contributed by atoms with Gasteiger partial charge in [-0.3, -0.25) is 4.79 Å². The Morgan fingerprint density at radius 3 is 2.71 bits per heavy atom. The highest BCUT2D eigenvalue weighted by Gasteiger charge is 2.23. The number of carbonyl (C=O) groups excluding carboxylic acids is 2. The summed E-state index contributed by atoms with van der Waals surface area (Å²) in [6.07, 6.45) is 0. The highest BCUT2D eigenvalue weighted by molar-refractivity contribution is 5.97. The summed E-state index contributed by atoms with van der Waals surface area (Å²) in [6, 6.07) is 12.2. The lowest BCUT2D eigenvalue weighted by Gasteiger charge is -2.18. The molecule has 0 radical (unpaired) electrons. The van der Waals surface area contributed by atoms with Gasteiger partial charge in [-0.1, -0.05) is 24.3 Å². The van der Waals surface area contributed by atoms with Crippen LogP contribution in [0.4, 0.5) is 10.5 Å². The van der Waals surface area contributed by atoms with Crippen molar-refractivity contribution in [3.05, 3.63) is 64.7 Å². The molecule has 3 rings (SSSR count). The van der Waals surface area contributed by atoms with E-state index >= 15 is 0 Å². The molecule has 1 aliphatic rings. The summed E-state index contributed by atoms with van der Waals surface area (Å²) in [5.41, 5.74) is 4.33. The van der Waals surface area contributed by atoms with Gasteiger partial charge < -0.3 is 10.6 Å². The first-order valence-electron chi connectivity index (χ1n) is 7.71. The molecule has 3 amide bonds. The zero-order valence-electron chi connectivity index (χ0n) is 13.5. The molecule has 1 unspecified atom stereocenters. The van der Waals surface area contributed by atoms with E-state index in [1.54, 1.807) is 12.1 Å². The van der Waals surface area contributed by atoms with E-state index in [1.807, 2.05) is 44.2 Å². The Balaban J connectivity index is 1.63. The first kappa shape index (κ1) is 15.9. The maximum absolute atomic E-state index is 12.1. The molecule has 2 aromatic rings. The van der Waals surface area contributed by atoms with Gasteiger partial charge in [0.1, 0.15) is 6.04 Å². The van der Waals surface area contributed by atoms with E-state index in [4.69, 9.17) is 0 Å². The number of nitrogens with one attached hydrogen (secondary N) is 2. The molecule has 1 heterocycles. The van der Waals surface area contributed by atoms with Gasteiger partial charge in [-0.2, -0.15) is 5.11 Å². The minimum absolute atomic E-state index is 0.268. The Labute approximate surface area is 140 Å². The molecule has 0 saturated heterocycles. The molecule has 6 heteroatoms. The van der Waals surface area contributed by atoms with Crippen LogP contribution in [0.15, 0.2) is 52.7 Å². The van der Waals surface area contributed by atoms with Crippen LogP contribution in [-0.4, -0.2) is 18.5 Å². The molecular formula is C18H18N4O2. The lowest BCUT2D eigenvalue weighted by molar-refractivity contribution is 0.0985. The number of anilines is 1. The average molecular weight is 322 g/mol. The molecule has 6 nitrogen and oxygen atoms in total. The molecule has 0 spiro atoms. The van der Waals surface area contributed by atoms with Gasteiger partial charge in [-0.15, -0.1) is 5.11 Å². The standard InChI is InChI=1S/C18H18N4O2/c1-11-7-8-13(9-12(11)2)20-18(24)19-10-16-14-5-3-4-6-15(14)17(23)22-21-16/h3-9,16H,10H2,1-2H3,(H2,19,20,24). The molecule has 2 N–H and O–H groups in total. The summed E-state index contributed by atoms with van der Waals surface area (Å²) in [5, 5.41) is 13.2. The fourth-order valence-corrected chi connectivity index (χ4v) is 2.56. The zero-order chi connectivity index (χ0) is 17.1. The maximum Gasteiger partial charge on any atom is 0.319 e. The van der Waals surface area contributed by atoms with Crippen LogP contribution in [-0.2, 0) is 0 Å². The molecule has 2 aromatic carbocycles. The number of azo groups is 1. The monoisotopic (exact) mass is 322 g/mol. The van der Waals surface area contributed by atoms with Gasteiger partial charge in [-0.25, -0.2) is 4.79 Å². The summed E-state index contributed by atoms with van der Waals surface area (Å²) in [7, 11) is 0. The summed E-state index contributed by atoms with van der Waals surface area (Å²) in [5.74, 6) is -0.346. The van der Waals surface area contributed by atoms with Crippen LogP contribution in [0.3, 0.4) is 0 Å². The SMILES string of the molecule is Cc1ccc(NC(=O)NCC2N=NC(=O)c3ccccc32)cc1C. The van der Waals surface area contributed by atoms with Crippen LogP contribution in [0.2, 0.25) is 0 Å². The second-order valence-electron chi connectivity index (χ2n) is 5.76. The Morgan fingerprint density at radius 1 is 1.12 bits per heavy atom. The number of hydrogen-bond acceptors (Lipinski definition) is 3. The minimum Gasteiger partial charge on any atom is -0.335 e. The number of benzene rings is 2. The lowest BCUT2D eigenvalue weighted by atomic mass is 9.99. The second kappa shape index (κ2) is 6.62. The van der Waals surface area contributed by atoms with Crippen molar-refractivity contribution in [1.82, 2.24) is 5.32 Å². The normalized spacial score (nSPS) is 15.8. The van der Waals surface area contributed by atoms with Gasteiger partial charge >= 0.3 is 6.03 Å². The second-order valence-corrected chi connectivity index (χ2v) is 5.76. The van der Waals surface area contributed by atoms with E-state index in [1.165, 1.54) is 5.56 Å². The van der Waals surface area contributed by atoms with Crippen LogP contribution in [0.25, 0.3) is 0 Å². The number of aryl methyl sites for hydroxylation is 2. The number of carbonyl (C=O) groups is 2. The Bertz CT molecular complexity index is 830. The fraction of sp³-hybridized carbons (Fsp3) is 0.222. The molecule has 0 fully saturated rings. The van der Waals surface area contributed by atoms with E-state index in [0.29, 0.717) is 5.56 Å². The summed E-state index contributed by atoms with van der Waals surface area (Å²) >= 11 is 0. The van der Waals surface area contributed by atoms with E-state index in [-0.39, 0.29) is 24.5 Å². The first-order chi connectivity index (χ1) is 11.5. The van der Waals surface area contributed by atoms with Gasteiger partial charge in [0.15, 0.2) is 0 Å². The fourth-order valence-electron chi connectivity index (χ4n) is 2.56. The van der Waals surface area contributed by atoms with E-state index in [0.717, 1.165) is 16.8 Å². The molecule has 0 aliphatic carbocycles. The van der Waals surface area contributed by atoms with Crippen molar-refractivity contribution in [2.24, 2.45) is 10.2 Å². The van der Waals surface area contributed by atoms with Gasteiger partial charge in [0.2, 0.25) is 0 Å². The topological polar surface area (TPSA) is 82.9 Å². The number of rotatable bonds is 3. The molecule has 0 saturated carbocycles. The van der Waals surface area contributed by atoms with Crippen molar-refractivity contribution in [2.75, 3.05) is 11.9 Å². The minimum atomic E-state index is -0.357. The highest BCUT2D eigenvalue weighted by atomic mass is 16.2. The van der Waals surface area contributed by atoms with Gasteiger partial charge in [0.05, 0.1) is 0 Å². The van der Waals surface area contributed by atoms with Crippen molar-refractivity contribution in [3.8, 4) is 0 Å². The highest BCUT2D eigenvalue weighted by Crippen LogP contribution is 2.26. The molecule has 1 aliphatic heterocycles. The van der Waals surface area contributed by atoms with Crippen LogP contribution in [0, 0.1) is 13.8 Å². The summed E-state index contributed by atoms with van der Waals surface area (Å²) in [6.45, 7) is 4.28. The summed E-state index contributed by atoms with van der Waals surface area (Å²) in [4.78, 5) is 23.8. The molecule has 1 atom stereocenters. The lowest BCUT2D eigenvalue weighted by Crippen LogP contribution is -2.32. The van der Waals surface area contributed by atoms with E-state index in [9.17, 15) is 9.59 Å². The summed E-state index contributed by atoms with van der Waals surface area (Å²) < 4.78 is 0. The van der Waals surface area contributed by atoms with Crippen molar-refractivity contribution >= 4 is 17.6 Å². The quantitative estimate of drug-likeness (QED) is 0.901. The van der Waals surface area contributed by atoms with Gasteiger partial charge in [-0.05, 0) is 48.7 Å². The zero-order valence-corrected chi connectivity index (χ0v) is 13.5. The van der Waals surface area contributed by atoms with E-state index in [2.05, 4.69) is 20.9 Å². The van der Waals surface area contributed by atoms with Crippen molar-refractivity contribution in [1.29, 1.82) is 0 Å². The smallest absolute Gasteiger partial charge is 0.319 e. The van der Waals surface area contributed by atoms with Crippen LogP contribution in [0.1, 0.15) is 33.1 Å². The van der Waals surface area contributed by atoms with Gasteiger partial charge in [0, 0.05) is 17.8 Å². The number of hydrogen-bond donors (Lipinski definition) is 2. The molecule has 24 heavy (non-hydrogen) atoms. The third-order valence-corrected chi connectivity index (χ3v) is 4.06. The molecular weight excluding hydrogens is 304 g/mol. The first-order valence-corrected chi connectivity index (χ1v) is 7.71. The third-order valence-electron chi connectivity index (χ3n) is 4.06. The number of urea groups is 1.